The van der Waals surface area contributed by atoms with Crippen molar-refractivity contribution in [2.75, 3.05) is 5.32 Å². The van der Waals surface area contributed by atoms with Crippen molar-refractivity contribution in [3.8, 4) is 0 Å². The van der Waals surface area contributed by atoms with Crippen molar-refractivity contribution >= 4 is 48.9 Å². The fourth-order valence-electron chi connectivity index (χ4n) is 1.81. The van der Waals surface area contributed by atoms with Crippen LogP contribution in [0.3, 0.4) is 0 Å². The van der Waals surface area contributed by atoms with E-state index >= 15 is 0 Å². The van der Waals surface area contributed by atoms with Crippen LogP contribution < -0.4 is 5.32 Å². The molecule has 18 heavy (non-hydrogen) atoms. The lowest BCUT2D eigenvalue weighted by atomic mass is 10.2. The van der Waals surface area contributed by atoms with Crippen molar-refractivity contribution < 1.29 is 0 Å². The Hall–Kier alpha value is -1.39. The van der Waals surface area contributed by atoms with E-state index in [0.29, 0.717) is 0 Å². The molecule has 0 spiro atoms. The lowest BCUT2D eigenvalue weighted by molar-refractivity contribution is 1.25. The summed E-state index contributed by atoms with van der Waals surface area (Å²) in [4.78, 5) is 4.35. The fourth-order valence-corrected chi connectivity index (χ4v) is 2.91. The molecular weight excluding hydrogens is 308 g/mol. The van der Waals surface area contributed by atoms with E-state index in [1.165, 1.54) is 15.6 Å². The molecule has 3 rings (SSSR count). The molecule has 1 N–H and O–H groups in total. The SMILES string of the molecule is Cc1ccnc(Nc2ccc3sccc3c2)c1Br. The lowest BCUT2D eigenvalue weighted by Gasteiger charge is -2.09. The smallest absolute Gasteiger partial charge is 0.144 e. The highest BCUT2D eigenvalue weighted by Crippen LogP contribution is 2.29. The molecule has 2 nitrogen and oxygen atoms in total. The van der Waals surface area contributed by atoms with Gasteiger partial charge in [0.25, 0.3) is 0 Å². The summed E-state index contributed by atoms with van der Waals surface area (Å²) in [7, 11) is 0. The predicted molar refractivity (Wildman–Crippen MR) is 81.8 cm³/mol. The zero-order valence-corrected chi connectivity index (χ0v) is 12.2. The number of thiophene rings is 1. The number of nitrogens with one attached hydrogen (secondary N) is 1. The molecule has 2 aromatic heterocycles. The molecule has 0 bridgehead atoms. The average molecular weight is 319 g/mol. The molecule has 2 heterocycles. The summed E-state index contributed by atoms with van der Waals surface area (Å²) in [5.41, 5.74) is 2.23. The quantitative estimate of drug-likeness (QED) is 0.710. The first kappa shape index (κ1) is 11.7. The third-order valence-electron chi connectivity index (χ3n) is 2.80. The second kappa shape index (κ2) is 4.71. The summed E-state index contributed by atoms with van der Waals surface area (Å²) in [5.74, 6) is 0.851. The molecule has 3 aromatic rings. The second-order valence-electron chi connectivity index (χ2n) is 4.09. The van der Waals surface area contributed by atoms with Crippen molar-refractivity contribution in [1.29, 1.82) is 0 Å². The van der Waals surface area contributed by atoms with E-state index < -0.39 is 0 Å². The van der Waals surface area contributed by atoms with Crippen molar-refractivity contribution in [2.24, 2.45) is 0 Å². The molecule has 90 valence electrons. The zero-order valence-electron chi connectivity index (χ0n) is 9.77. The summed E-state index contributed by atoms with van der Waals surface area (Å²) in [6, 6.07) is 10.5. The molecule has 0 saturated heterocycles. The molecule has 0 radical (unpaired) electrons. The van der Waals surface area contributed by atoms with E-state index in [1.807, 2.05) is 12.3 Å². The third-order valence-corrected chi connectivity index (χ3v) is 4.70. The first-order chi connectivity index (χ1) is 8.74. The van der Waals surface area contributed by atoms with Gasteiger partial charge in [-0.2, -0.15) is 0 Å². The molecule has 1 aromatic carbocycles. The topological polar surface area (TPSA) is 24.9 Å². The Morgan fingerprint density at radius 2 is 2.11 bits per heavy atom. The molecular formula is C14H11BrN2S. The highest BCUT2D eigenvalue weighted by atomic mass is 79.9. The summed E-state index contributed by atoms with van der Waals surface area (Å²) in [6.07, 6.45) is 1.81. The first-order valence-corrected chi connectivity index (χ1v) is 7.27. The van der Waals surface area contributed by atoms with E-state index in [2.05, 4.69) is 62.8 Å². The average Bonchev–Trinajstić information content (AvgIpc) is 2.82. The zero-order chi connectivity index (χ0) is 12.5. The van der Waals surface area contributed by atoms with Crippen LogP contribution in [-0.2, 0) is 0 Å². The fraction of sp³-hybridized carbons (Fsp3) is 0.0714. The van der Waals surface area contributed by atoms with Gasteiger partial charge < -0.3 is 5.32 Å². The lowest BCUT2D eigenvalue weighted by Crippen LogP contribution is -1.95. The standard InChI is InChI=1S/C14H11BrN2S/c1-9-4-6-16-14(13(9)15)17-11-2-3-12-10(8-11)5-7-18-12/h2-8H,1H3,(H,16,17). The molecule has 0 fully saturated rings. The van der Waals surface area contributed by atoms with E-state index in [-0.39, 0.29) is 0 Å². The Bertz CT molecular complexity index is 706. The van der Waals surface area contributed by atoms with Gasteiger partial charge in [0.1, 0.15) is 5.82 Å². The predicted octanol–water partition coefficient (Wildman–Crippen LogP) is 5.11. The molecule has 0 saturated carbocycles. The first-order valence-electron chi connectivity index (χ1n) is 5.59. The van der Waals surface area contributed by atoms with Gasteiger partial charge in [0.05, 0.1) is 4.47 Å². The highest BCUT2D eigenvalue weighted by Gasteiger charge is 2.05. The number of pyridine rings is 1. The maximum atomic E-state index is 4.35. The molecule has 0 amide bonds. The van der Waals surface area contributed by atoms with Gasteiger partial charge >= 0.3 is 0 Å². The normalized spacial score (nSPS) is 10.8. The van der Waals surface area contributed by atoms with E-state index in [9.17, 15) is 0 Å². The molecule has 0 aliphatic heterocycles. The van der Waals surface area contributed by atoms with Gasteiger partial charge in [0, 0.05) is 16.6 Å². The van der Waals surface area contributed by atoms with Crippen LogP contribution in [0, 0.1) is 6.92 Å². The number of nitrogens with zero attached hydrogens (tertiary/aromatic N) is 1. The summed E-state index contributed by atoms with van der Waals surface area (Å²) >= 11 is 5.31. The number of fused-ring (bicyclic) bond motifs is 1. The second-order valence-corrected chi connectivity index (χ2v) is 5.83. The molecule has 0 aliphatic rings. The van der Waals surface area contributed by atoms with Gasteiger partial charge in [-0.1, -0.05) is 0 Å². The van der Waals surface area contributed by atoms with E-state index in [1.54, 1.807) is 11.3 Å². The Morgan fingerprint density at radius 1 is 1.22 bits per heavy atom. The van der Waals surface area contributed by atoms with Crippen LogP contribution in [0.2, 0.25) is 0 Å². The molecule has 0 atom stereocenters. The number of halogens is 1. The maximum Gasteiger partial charge on any atom is 0.144 e. The van der Waals surface area contributed by atoms with Crippen molar-refractivity contribution in [3.63, 3.8) is 0 Å². The Kier molecular flexibility index (Phi) is 3.06. The minimum absolute atomic E-state index is 0.851. The number of aromatic nitrogens is 1. The van der Waals surface area contributed by atoms with Crippen molar-refractivity contribution in [2.45, 2.75) is 6.92 Å². The molecule has 4 heteroatoms. The monoisotopic (exact) mass is 318 g/mol. The largest absolute Gasteiger partial charge is 0.339 e. The third kappa shape index (κ3) is 2.13. The van der Waals surface area contributed by atoms with Gasteiger partial charge in [0.15, 0.2) is 0 Å². The Morgan fingerprint density at radius 3 is 3.00 bits per heavy atom. The van der Waals surface area contributed by atoms with Crippen LogP contribution in [0.5, 0.6) is 0 Å². The van der Waals surface area contributed by atoms with Crippen LogP contribution in [0.1, 0.15) is 5.56 Å². The van der Waals surface area contributed by atoms with Gasteiger partial charge in [-0.3, -0.25) is 0 Å². The highest BCUT2D eigenvalue weighted by molar-refractivity contribution is 9.10. The number of rotatable bonds is 2. The van der Waals surface area contributed by atoms with Crippen LogP contribution in [-0.4, -0.2) is 4.98 Å². The van der Waals surface area contributed by atoms with E-state index in [4.69, 9.17) is 0 Å². The van der Waals surface area contributed by atoms with E-state index in [0.717, 1.165) is 16.0 Å². The number of anilines is 2. The Labute approximate surface area is 118 Å². The van der Waals surface area contributed by atoms with Gasteiger partial charge in [-0.15, -0.1) is 11.3 Å². The Balaban J connectivity index is 1.98. The van der Waals surface area contributed by atoms with Crippen LogP contribution >= 0.6 is 27.3 Å². The van der Waals surface area contributed by atoms with Crippen LogP contribution in [0.15, 0.2) is 46.4 Å². The van der Waals surface area contributed by atoms with Crippen molar-refractivity contribution in [3.05, 3.63) is 51.9 Å². The summed E-state index contributed by atoms with van der Waals surface area (Å²) < 4.78 is 2.31. The molecule has 0 unspecified atom stereocenters. The van der Waals surface area contributed by atoms with Crippen LogP contribution in [0.25, 0.3) is 10.1 Å². The number of benzene rings is 1. The van der Waals surface area contributed by atoms with Gasteiger partial charge in [-0.05, 0) is 69.5 Å². The minimum atomic E-state index is 0.851. The number of hydrogen-bond acceptors (Lipinski definition) is 3. The van der Waals surface area contributed by atoms with Crippen LogP contribution in [0.4, 0.5) is 11.5 Å². The van der Waals surface area contributed by atoms with Crippen molar-refractivity contribution in [1.82, 2.24) is 4.98 Å². The maximum absolute atomic E-state index is 4.35. The number of hydrogen-bond donors (Lipinski definition) is 1. The van der Waals surface area contributed by atoms with Gasteiger partial charge in [0.2, 0.25) is 0 Å². The summed E-state index contributed by atoms with van der Waals surface area (Å²) in [6.45, 7) is 2.05. The summed E-state index contributed by atoms with van der Waals surface area (Å²) in [5, 5.41) is 6.71. The molecule has 0 aliphatic carbocycles. The minimum Gasteiger partial charge on any atom is -0.339 e. The number of aryl methyl sites for hydroxylation is 1. The van der Waals surface area contributed by atoms with Gasteiger partial charge in [-0.25, -0.2) is 4.98 Å².